The summed E-state index contributed by atoms with van der Waals surface area (Å²) in [6, 6.07) is 17.5. The number of carbonyl (C=O) groups excluding carboxylic acids is 6. The van der Waals surface area contributed by atoms with Crippen molar-refractivity contribution in [2.45, 2.75) is 43.5 Å². The van der Waals surface area contributed by atoms with Gasteiger partial charge in [-0.3, -0.25) is 43.2 Å². The number of hydrogen-bond donors (Lipinski definition) is 4. The number of anilines is 5. The Morgan fingerprint density at radius 3 is 2.46 bits per heavy atom. The number of fused-ring (bicyclic) bond motifs is 1. The number of amides is 6. The van der Waals surface area contributed by atoms with Gasteiger partial charge < -0.3 is 35.0 Å². The summed E-state index contributed by atoms with van der Waals surface area (Å²) in [5.41, 5.74) is 3.13. The molecule has 0 radical (unpaired) electrons. The molecule has 18 nitrogen and oxygen atoms in total. The standard InChI is InChI=1S/C40H41N9O9S/c1-24-22-42-40(46-36(24)43-26-5-2-6-28(21-26)59(56)57)44-25-10-12-27(13-11-25)47-17-19-48(20-18-47)34(52)9-4-16-41-33(51)23-58-31-8-3-7-29-35(31)39(55)49(38(29)54)30-14-15-32(50)45-37(30)53/h2-3,5-8,10-13,21-22,30H,4,9,14-20,23H2,1H3,(H,41,51)(H,56,57)(H,45,50,53)(H2,42,43,44,46)/p-1. The lowest BCUT2D eigenvalue weighted by Crippen LogP contribution is -2.54. The molecule has 2 saturated heterocycles. The Kier molecular flexibility index (Phi) is 12.2. The Bertz CT molecular complexity index is 2330. The van der Waals surface area contributed by atoms with Crippen LogP contribution in [0.2, 0.25) is 0 Å². The van der Waals surface area contributed by atoms with Crippen molar-refractivity contribution in [2.24, 2.45) is 0 Å². The van der Waals surface area contributed by atoms with Crippen LogP contribution >= 0.6 is 0 Å². The molecule has 0 spiro atoms. The molecule has 2 unspecified atom stereocenters. The van der Waals surface area contributed by atoms with Crippen LogP contribution in [0.3, 0.4) is 0 Å². The molecule has 2 fully saturated rings. The van der Waals surface area contributed by atoms with E-state index in [4.69, 9.17) is 4.74 Å². The number of hydrogen-bond acceptors (Lipinski definition) is 14. The van der Waals surface area contributed by atoms with Crippen LogP contribution < -0.4 is 30.9 Å². The molecule has 4 aromatic rings. The predicted molar refractivity (Wildman–Crippen MR) is 213 cm³/mol. The number of imide groups is 2. The normalized spacial score (nSPS) is 17.0. The first-order valence-electron chi connectivity index (χ1n) is 18.9. The summed E-state index contributed by atoms with van der Waals surface area (Å²) in [7, 11) is 0. The summed E-state index contributed by atoms with van der Waals surface area (Å²) in [6.45, 7) is 4.02. The van der Waals surface area contributed by atoms with Crippen LogP contribution in [-0.4, -0.2) is 109 Å². The van der Waals surface area contributed by atoms with E-state index < -0.39 is 53.3 Å². The van der Waals surface area contributed by atoms with Gasteiger partial charge in [-0.2, -0.15) is 4.98 Å². The second-order valence-corrected chi connectivity index (χ2v) is 15.0. The van der Waals surface area contributed by atoms with E-state index in [0.29, 0.717) is 50.1 Å². The van der Waals surface area contributed by atoms with Crippen LogP contribution in [0.25, 0.3) is 0 Å². The number of nitrogens with zero attached hydrogens (tertiary/aromatic N) is 5. The van der Waals surface area contributed by atoms with Crippen molar-refractivity contribution in [2.75, 3.05) is 54.9 Å². The molecule has 19 heteroatoms. The molecule has 2 atom stereocenters. The van der Waals surface area contributed by atoms with E-state index in [1.165, 1.54) is 30.3 Å². The maximum absolute atomic E-state index is 13.2. The van der Waals surface area contributed by atoms with Gasteiger partial charge in [0, 0.05) is 79.3 Å². The Hall–Kier alpha value is -6.73. The van der Waals surface area contributed by atoms with E-state index in [9.17, 15) is 37.5 Å². The fourth-order valence-electron chi connectivity index (χ4n) is 6.97. The predicted octanol–water partition coefficient (Wildman–Crippen LogP) is 2.54. The topological polar surface area (TPSA) is 235 Å². The van der Waals surface area contributed by atoms with Crippen LogP contribution in [0.15, 0.2) is 77.8 Å². The van der Waals surface area contributed by atoms with Gasteiger partial charge in [0.05, 0.1) is 11.1 Å². The summed E-state index contributed by atoms with van der Waals surface area (Å²) in [6.07, 6.45) is 2.34. The fourth-order valence-corrected chi connectivity index (χ4v) is 7.38. The second kappa shape index (κ2) is 17.8. The number of piperazine rings is 1. The first-order chi connectivity index (χ1) is 28.4. The molecule has 306 valence electrons. The van der Waals surface area contributed by atoms with Gasteiger partial charge in [-0.15, -0.1) is 0 Å². The monoisotopic (exact) mass is 822 g/mol. The smallest absolute Gasteiger partial charge is 0.266 e. The largest absolute Gasteiger partial charge is 0.768 e. The molecule has 4 N–H and O–H groups in total. The van der Waals surface area contributed by atoms with Crippen molar-refractivity contribution in [3.05, 3.63) is 89.6 Å². The van der Waals surface area contributed by atoms with Crippen molar-refractivity contribution in [1.29, 1.82) is 0 Å². The number of rotatable bonds is 14. The van der Waals surface area contributed by atoms with Crippen molar-refractivity contribution in [3.8, 4) is 5.75 Å². The zero-order chi connectivity index (χ0) is 41.6. The van der Waals surface area contributed by atoms with Gasteiger partial charge in [0.2, 0.25) is 23.7 Å². The van der Waals surface area contributed by atoms with Crippen LogP contribution in [-0.2, 0) is 30.3 Å². The molecular weight excluding hydrogens is 783 g/mol. The maximum Gasteiger partial charge on any atom is 0.266 e. The van der Waals surface area contributed by atoms with Crippen LogP contribution in [0, 0.1) is 6.92 Å². The first-order valence-corrected chi connectivity index (χ1v) is 20.0. The van der Waals surface area contributed by atoms with Crippen molar-refractivity contribution in [1.82, 2.24) is 30.4 Å². The SMILES string of the molecule is Cc1cnc(Nc2ccc(N3CCN(C(=O)CCCNC(=O)COc4cccc5c4C(=O)N(C4CCC(=O)NC4=O)C5=O)CC3)cc2)nc1Nc1cccc(S(=O)[O-])c1. The molecule has 0 bridgehead atoms. The Morgan fingerprint density at radius 1 is 0.949 bits per heavy atom. The van der Waals surface area contributed by atoms with Gasteiger partial charge in [0.25, 0.3) is 17.7 Å². The van der Waals surface area contributed by atoms with E-state index in [0.717, 1.165) is 21.8 Å². The minimum atomic E-state index is -2.35. The van der Waals surface area contributed by atoms with Gasteiger partial charge >= 0.3 is 0 Å². The molecule has 4 heterocycles. The van der Waals surface area contributed by atoms with Crippen molar-refractivity contribution in [3.63, 3.8) is 0 Å². The van der Waals surface area contributed by atoms with E-state index in [1.807, 2.05) is 31.2 Å². The molecular formula is C40H40N9O9S-. The summed E-state index contributed by atoms with van der Waals surface area (Å²) in [5.74, 6) is -2.17. The van der Waals surface area contributed by atoms with Gasteiger partial charge in [-0.25, -0.2) is 4.98 Å². The molecule has 6 amide bonds. The summed E-state index contributed by atoms with van der Waals surface area (Å²) < 4.78 is 28.3. The van der Waals surface area contributed by atoms with Crippen molar-refractivity contribution < 1.29 is 42.3 Å². The molecule has 3 aromatic carbocycles. The number of piperidine rings is 1. The lowest BCUT2D eigenvalue weighted by Gasteiger charge is -2.36. The molecule has 0 aliphatic carbocycles. The fraction of sp³-hybridized carbons (Fsp3) is 0.300. The lowest BCUT2D eigenvalue weighted by molar-refractivity contribution is -0.136. The van der Waals surface area contributed by atoms with Gasteiger partial charge in [-0.05, 0) is 85.4 Å². The molecule has 3 aliphatic heterocycles. The Balaban J connectivity index is 0.820. The summed E-state index contributed by atoms with van der Waals surface area (Å²) in [4.78, 5) is 89.7. The average Bonchev–Trinajstić information content (AvgIpc) is 3.49. The molecule has 1 aromatic heterocycles. The van der Waals surface area contributed by atoms with E-state index in [2.05, 4.69) is 36.1 Å². The maximum atomic E-state index is 13.2. The number of nitrogens with one attached hydrogen (secondary N) is 4. The highest BCUT2D eigenvalue weighted by atomic mass is 32.2. The van der Waals surface area contributed by atoms with Crippen molar-refractivity contribution >= 4 is 75.4 Å². The zero-order valence-corrected chi connectivity index (χ0v) is 32.7. The highest BCUT2D eigenvalue weighted by Gasteiger charge is 2.46. The van der Waals surface area contributed by atoms with Crippen LogP contribution in [0.1, 0.15) is 52.0 Å². The van der Waals surface area contributed by atoms with E-state index >= 15 is 0 Å². The first kappa shape index (κ1) is 40.5. The van der Waals surface area contributed by atoms with Gasteiger partial charge in [0.15, 0.2) is 6.61 Å². The third-order valence-electron chi connectivity index (χ3n) is 10.1. The number of ether oxygens (including phenoxy) is 1. The van der Waals surface area contributed by atoms with Crippen LogP contribution in [0.5, 0.6) is 5.75 Å². The Morgan fingerprint density at radius 2 is 1.71 bits per heavy atom. The third-order valence-corrected chi connectivity index (χ3v) is 10.7. The van der Waals surface area contributed by atoms with Gasteiger partial charge in [-0.1, -0.05) is 12.1 Å². The van der Waals surface area contributed by atoms with Crippen LogP contribution in [0.4, 0.5) is 28.8 Å². The number of benzene rings is 3. The lowest BCUT2D eigenvalue weighted by atomic mass is 10.0. The minimum absolute atomic E-state index is 0.00344. The third kappa shape index (κ3) is 9.37. The number of aryl methyl sites for hydroxylation is 1. The molecule has 7 rings (SSSR count). The average molecular weight is 823 g/mol. The number of carbonyl (C=O) groups is 6. The Labute approximate surface area is 341 Å². The summed E-state index contributed by atoms with van der Waals surface area (Å²) >= 11 is -2.35. The van der Waals surface area contributed by atoms with E-state index in [1.54, 1.807) is 23.2 Å². The highest BCUT2D eigenvalue weighted by molar-refractivity contribution is 7.79. The number of aromatic nitrogens is 2. The zero-order valence-electron chi connectivity index (χ0n) is 31.9. The molecule has 3 aliphatic rings. The van der Waals surface area contributed by atoms with Gasteiger partial charge in [0.1, 0.15) is 17.6 Å². The molecule has 0 saturated carbocycles. The molecule has 59 heavy (non-hydrogen) atoms. The minimum Gasteiger partial charge on any atom is -0.768 e. The second-order valence-electron chi connectivity index (χ2n) is 14.0. The summed E-state index contributed by atoms with van der Waals surface area (Å²) in [5, 5.41) is 11.2. The van der Waals surface area contributed by atoms with E-state index in [-0.39, 0.29) is 53.5 Å². The highest BCUT2D eigenvalue weighted by Crippen LogP contribution is 2.34. The quantitative estimate of drug-likeness (QED) is 0.0813.